The van der Waals surface area contributed by atoms with E-state index in [4.69, 9.17) is 0 Å². The zero-order valence-corrected chi connectivity index (χ0v) is 26.6. The predicted octanol–water partition coefficient (Wildman–Crippen LogP) is 6.56. The van der Waals surface area contributed by atoms with Crippen LogP contribution in [0, 0.1) is 6.92 Å². The normalized spacial score (nSPS) is 10.5. The Morgan fingerprint density at radius 2 is 1.22 bits per heavy atom. The molecule has 6 rings (SSSR count). The summed E-state index contributed by atoms with van der Waals surface area (Å²) in [5.41, 5.74) is 5.53. The van der Waals surface area contributed by atoms with Gasteiger partial charge in [-0.15, -0.1) is 22.7 Å². The molecule has 6 aromatic rings. The molecule has 12 heteroatoms. The molecule has 226 valence electrons. The summed E-state index contributed by atoms with van der Waals surface area (Å²) < 4.78 is 0. The van der Waals surface area contributed by atoms with Gasteiger partial charge < -0.3 is 9.80 Å². The molecule has 0 aliphatic carbocycles. The highest BCUT2D eigenvalue weighted by atomic mass is 32.1. The number of aromatic nitrogens is 6. The second kappa shape index (κ2) is 15.0. The minimum absolute atomic E-state index is 0.0270. The van der Waals surface area contributed by atoms with Crippen molar-refractivity contribution in [2.75, 3.05) is 23.9 Å². The number of carbonyl (C=O) groups is 2. The highest BCUT2D eigenvalue weighted by molar-refractivity contribution is 7.10. The third kappa shape index (κ3) is 8.46. The van der Waals surface area contributed by atoms with E-state index in [1.807, 2.05) is 78.0 Å². The second-order valence-electron chi connectivity index (χ2n) is 9.85. The summed E-state index contributed by atoms with van der Waals surface area (Å²) in [6.45, 7) is 1.92. The Morgan fingerprint density at radius 3 is 1.67 bits per heavy atom. The van der Waals surface area contributed by atoms with Crippen LogP contribution in [0.1, 0.15) is 36.7 Å². The molecule has 0 bridgehead atoms. The molecule has 0 amide bonds. The van der Waals surface area contributed by atoms with Gasteiger partial charge in [0, 0.05) is 72.9 Å². The van der Waals surface area contributed by atoms with Crippen molar-refractivity contribution in [1.82, 2.24) is 29.9 Å². The molecule has 0 saturated heterocycles. The van der Waals surface area contributed by atoms with Crippen molar-refractivity contribution in [2.24, 2.45) is 0 Å². The molecule has 0 aromatic carbocycles. The van der Waals surface area contributed by atoms with Gasteiger partial charge in [0.25, 0.3) is 0 Å². The van der Waals surface area contributed by atoms with E-state index in [9.17, 15) is 9.59 Å². The molecule has 0 spiro atoms. The van der Waals surface area contributed by atoms with E-state index in [2.05, 4.69) is 29.9 Å². The zero-order chi connectivity index (χ0) is 31.6. The van der Waals surface area contributed by atoms with Gasteiger partial charge >= 0.3 is 0 Å². The highest BCUT2D eigenvalue weighted by Gasteiger charge is 2.14. The Balaban J connectivity index is 0.000000178. The number of thiazole rings is 2. The van der Waals surface area contributed by atoms with Crippen LogP contribution < -0.4 is 9.80 Å². The molecular weight excluding hydrogens is 605 g/mol. The van der Waals surface area contributed by atoms with E-state index in [-0.39, 0.29) is 24.4 Å². The Kier molecular flexibility index (Phi) is 10.4. The summed E-state index contributed by atoms with van der Waals surface area (Å²) in [6, 6.07) is 15.0. The number of aryl methyl sites for hydroxylation is 1. The number of nitrogens with zero attached hydrogens (tertiary/aromatic N) is 8. The smallest absolute Gasteiger partial charge is 0.188 e. The van der Waals surface area contributed by atoms with Crippen molar-refractivity contribution in [3.8, 4) is 0 Å². The monoisotopic (exact) mass is 634 g/mol. The van der Waals surface area contributed by atoms with Crippen LogP contribution in [-0.4, -0.2) is 55.6 Å². The fraction of sp³-hybridized carbons (Fsp3) is 0.152. The summed E-state index contributed by atoms with van der Waals surface area (Å²) in [6.07, 6.45) is 12.6. The van der Waals surface area contributed by atoms with Gasteiger partial charge in [0.2, 0.25) is 0 Å². The number of anilines is 4. The molecule has 45 heavy (non-hydrogen) atoms. The molecule has 6 heterocycles. The fourth-order valence-corrected chi connectivity index (χ4v) is 5.63. The van der Waals surface area contributed by atoms with Gasteiger partial charge in [0.15, 0.2) is 11.6 Å². The zero-order valence-electron chi connectivity index (χ0n) is 24.9. The molecule has 0 atom stereocenters. The minimum atomic E-state index is -0.0311. The first-order valence-electron chi connectivity index (χ1n) is 13.9. The average molecular weight is 635 g/mol. The summed E-state index contributed by atoms with van der Waals surface area (Å²) in [7, 11) is 3.87. The van der Waals surface area contributed by atoms with Crippen molar-refractivity contribution >= 4 is 57.0 Å². The maximum atomic E-state index is 12.4. The summed E-state index contributed by atoms with van der Waals surface area (Å²) in [4.78, 5) is 53.7. The molecule has 6 aromatic heterocycles. The van der Waals surface area contributed by atoms with Crippen molar-refractivity contribution in [3.05, 3.63) is 130 Å². The standard InChI is InChI=1S/C17H16N4OS.C16H14N4OS/c1-12-11-23-17(20-12)9-16(22)15-8-13(5-7-19-15)21(2)14-4-3-6-18-10-14;1-20(13-3-2-5-17-11-13)12-4-6-18-14(9-12)15(21)10-16-19-7-8-22-16/h3-8,10-11H,9H2,1-2H3;2-9,11H,10H2,1H3. The molecule has 0 fully saturated rings. The molecule has 0 aliphatic heterocycles. The van der Waals surface area contributed by atoms with Crippen LogP contribution in [-0.2, 0) is 12.8 Å². The Morgan fingerprint density at radius 1 is 0.667 bits per heavy atom. The Bertz CT molecular complexity index is 1850. The van der Waals surface area contributed by atoms with Gasteiger partial charge in [0.05, 0.1) is 36.6 Å². The first-order valence-corrected chi connectivity index (χ1v) is 15.7. The summed E-state index contributed by atoms with van der Waals surface area (Å²) >= 11 is 2.98. The number of rotatable bonds is 10. The second-order valence-corrected chi connectivity index (χ2v) is 11.8. The molecule has 0 radical (unpaired) electrons. The number of ketones is 2. The number of Topliss-reactive ketones (excluding diaryl/α,β-unsaturated/α-hetero) is 2. The quantitative estimate of drug-likeness (QED) is 0.153. The lowest BCUT2D eigenvalue weighted by molar-refractivity contribution is 0.0980. The lowest BCUT2D eigenvalue weighted by Crippen LogP contribution is -2.12. The third-order valence-electron chi connectivity index (χ3n) is 6.67. The van der Waals surface area contributed by atoms with Gasteiger partial charge in [-0.05, 0) is 55.5 Å². The number of hydrogen-bond donors (Lipinski definition) is 0. The predicted molar refractivity (Wildman–Crippen MR) is 178 cm³/mol. The first kappa shape index (κ1) is 31.2. The lowest BCUT2D eigenvalue weighted by Gasteiger charge is -2.19. The van der Waals surface area contributed by atoms with Gasteiger partial charge in [-0.2, -0.15) is 0 Å². The lowest BCUT2D eigenvalue weighted by atomic mass is 10.2. The average Bonchev–Trinajstić information content (AvgIpc) is 3.76. The summed E-state index contributed by atoms with van der Waals surface area (Å²) in [5.74, 6) is -0.0582. The third-order valence-corrected chi connectivity index (χ3v) is 8.42. The van der Waals surface area contributed by atoms with Crippen LogP contribution in [0.3, 0.4) is 0 Å². The SMILES string of the molecule is CN(c1cccnc1)c1ccnc(C(=O)Cc2nccs2)c1.Cc1csc(CC(=O)c2cc(N(C)c3cccnc3)ccn2)n1. The van der Waals surface area contributed by atoms with Gasteiger partial charge in [-0.25, -0.2) is 9.97 Å². The molecule has 0 unspecified atom stereocenters. The van der Waals surface area contributed by atoms with Crippen LogP contribution in [0.25, 0.3) is 0 Å². The van der Waals surface area contributed by atoms with Crippen molar-refractivity contribution in [1.29, 1.82) is 0 Å². The maximum Gasteiger partial charge on any atom is 0.188 e. The van der Waals surface area contributed by atoms with E-state index in [1.54, 1.807) is 55.5 Å². The first-order chi connectivity index (χ1) is 21.9. The van der Waals surface area contributed by atoms with Crippen LogP contribution in [0.2, 0.25) is 0 Å². The van der Waals surface area contributed by atoms with E-state index in [0.717, 1.165) is 38.5 Å². The molecule has 0 saturated carbocycles. The van der Waals surface area contributed by atoms with Gasteiger partial charge in [-0.1, -0.05) is 0 Å². The molecule has 0 N–H and O–H groups in total. The van der Waals surface area contributed by atoms with E-state index >= 15 is 0 Å². The number of hydrogen-bond acceptors (Lipinski definition) is 12. The van der Waals surface area contributed by atoms with E-state index in [1.165, 1.54) is 22.7 Å². The maximum absolute atomic E-state index is 12.4. The molecule has 10 nitrogen and oxygen atoms in total. The van der Waals surface area contributed by atoms with Crippen molar-refractivity contribution in [3.63, 3.8) is 0 Å². The Labute approximate surface area is 269 Å². The van der Waals surface area contributed by atoms with Crippen LogP contribution in [0.5, 0.6) is 0 Å². The van der Waals surface area contributed by atoms with Crippen molar-refractivity contribution < 1.29 is 9.59 Å². The minimum Gasteiger partial charge on any atom is -0.343 e. The van der Waals surface area contributed by atoms with E-state index in [0.29, 0.717) is 11.4 Å². The molecular formula is C33H30N8O2S2. The fourth-order valence-electron chi connectivity index (χ4n) is 4.24. The van der Waals surface area contributed by atoms with Crippen molar-refractivity contribution in [2.45, 2.75) is 19.8 Å². The van der Waals surface area contributed by atoms with Gasteiger partial charge in [-0.3, -0.25) is 29.5 Å². The number of pyridine rings is 4. The topological polar surface area (TPSA) is 118 Å². The van der Waals surface area contributed by atoms with Crippen LogP contribution in [0.4, 0.5) is 22.7 Å². The van der Waals surface area contributed by atoms with Gasteiger partial charge in [0.1, 0.15) is 21.4 Å². The van der Waals surface area contributed by atoms with Crippen LogP contribution in [0.15, 0.2) is 103 Å². The largest absolute Gasteiger partial charge is 0.343 e. The summed E-state index contributed by atoms with van der Waals surface area (Å²) in [5, 5.41) is 5.43. The van der Waals surface area contributed by atoms with Crippen LogP contribution >= 0.6 is 22.7 Å². The number of carbonyl (C=O) groups excluding carboxylic acids is 2. The van der Waals surface area contributed by atoms with E-state index < -0.39 is 0 Å². The Hall–Kier alpha value is -5.20. The molecule has 0 aliphatic rings. The highest BCUT2D eigenvalue weighted by Crippen LogP contribution is 2.24.